The third-order valence-electron chi connectivity index (χ3n) is 7.46. The summed E-state index contributed by atoms with van der Waals surface area (Å²) in [4.78, 5) is 19.1. The molecule has 1 amide bonds. The minimum absolute atomic E-state index is 0.0668. The quantitative estimate of drug-likeness (QED) is 0.274. The van der Waals surface area contributed by atoms with E-state index in [0.717, 1.165) is 17.0 Å². The van der Waals surface area contributed by atoms with Crippen molar-refractivity contribution in [3.63, 3.8) is 0 Å². The SMILES string of the molecule is COc1cc(C2CN(C(=O)c3cc(OC[C@H](C)COC(C)(C)O)ccn3)C2)ccc1OCc1ccc(C2CC2)cc1. The first kappa shape index (κ1) is 28.9. The average molecular weight is 561 g/mol. The van der Waals surface area contributed by atoms with Crippen molar-refractivity contribution in [2.75, 3.05) is 33.4 Å². The summed E-state index contributed by atoms with van der Waals surface area (Å²) in [6.45, 7) is 7.61. The number of benzene rings is 2. The van der Waals surface area contributed by atoms with Gasteiger partial charge in [-0.3, -0.25) is 9.78 Å². The second-order valence-corrected chi connectivity index (χ2v) is 11.7. The molecular weight excluding hydrogens is 520 g/mol. The normalized spacial score (nSPS) is 16.2. The predicted octanol–water partition coefficient (Wildman–Crippen LogP) is 5.55. The highest BCUT2D eigenvalue weighted by atomic mass is 16.6. The minimum atomic E-state index is -1.18. The monoisotopic (exact) mass is 560 g/mol. The van der Waals surface area contributed by atoms with E-state index in [-0.39, 0.29) is 17.7 Å². The van der Waals surface area contributed by atoms with Crippen LogP contribution in [0.25, 0.3) is 0 Å². The van der Waals surface area contributed by atoms with Crippen molar-refractivity contribution in [3.8, 4) is 17.2 Å². The number of nitrogens with zero attached hydrogens (tertiary/aromatic N) is 2. The van der Waals surface area contributed by atoms with Crippen molar-refractivity contribution < 1.29 is 28.8 Å². The van der Waals surface area contributed by atoms with Gasteiger partial charge in [0.15, 0.2) is 17.3 Å². The van der Waals surface area contributed by atoms with Crippen molar-refractivity contribution in [2.24, 2.45) is 5.92 Å². The van der Waals surface area contributed by atoms with Gasteiger partial charge in [-0.05, 0) is 67.5 Å². The molecule has 2 aliphatic rings. The molecule has 0 radical (unpaired) electrons. The average Bonchev–Trinajstić information content (AvgIpc) is 3.79. The molecule has 8 heteroatoms. The molecule has 218 valence electrons. The van der Waals surface area contributed by atoms with E-state index >= 15 is 0 Å². The molecule has 1 aliphatic carbocycles. The summed E-state index contributed by atoms with van der Waals surface area (Å²) in [5.74, 6) is 1.71. The highest BCUT2D eigenvalue weighted by molar-refractivity contribution is 5.93. The molecule has 0 bridgehead atoms. The summed E-state index contributed by atoms with van der Waals surface area (Å²) in [6.07, 6.45) is 4.18. The van der Waals surface area contributed by atoms with Crippen molar-refractivity contribution in [3.05, 3.63) is 83.2 Å². The Morgan fingerprint density at radius 1 is 0.976 bits per heavy atom. The number of aliphatic hydroxyl groups is 1. The zero-order chi connectivity index (χ0) is 29.0. The second kappa shape index (κ2) is 12.5. The van der Waals surface area contributed by atoms with Gasteiger partial charge < -0.3 is 29.0 Å². The summed E-state index contributed by atoms with van der Waals surface area (Å²) >= 11 is 0. The number of hydrogen-bond acceptors (Lipinski definition) is 7. The molecule has 0 spiro atoms. The molecule has 1 N–H and O–H groups in total. The van der Waals surface area contributed by atoms with E-state index in [1.165, 1.54) is 18.4 Å². The van der Waals surface area contributed by atoms with Gasteiger partial charge >= 0.3 is 0 Å². The summed E-state index contributed by atoms with van der Waals surface area (Å²) in [5.41, 5.74) is 4.01. The zero-order valence-corrected chi connectivity index (χ0v) is 24.3. The van der Waals surface area contributed by atoms with Crippen LogP contribution in [0, 0.1) is 5.92 Å². The maximum absolute atomic E-state index is 13.1. The molecular formula is C33H40N2O6. The molecule has 1 saturated carbocycles. The number of likely N-dealkylation sites (tertiary alicyclic amines) is 1. The molecule has 2 fully saturated rings. The van der Waals surface area contributed by atoms with Gasteiger partial charge in [-0.25, -0.2) is 0 Å². The molecule has 3 aromatic rings. The summed E-state index contributed by atoms with van der Waals surface area (Å²) in [5, 5.41) is 9.72. The Morgan fingerprint density at radius 3 is 2.39 bits per heavy atom. The third kappa shape index (κ3) is 7.77. The van der Waals surface area contributed by atoms with E-state index in [0.29, 0.717) is 55.9 Å². The van der Waals surface area contributed by atoms with Gasteiger partial charge in [0, 0.05) is 37.2 Å². The van der Waals surface area contributed by atoms with Crippen molar-refractivity contribution in [1.29, 1.82) is 0 Å². The van der Waals surface area contributed by atoms with E-state index in [4.69, 9.17) is 18.9 Å². The fraction of sp³-hybridized carbons (Fsp3) is 0.455. The van der Waals surface area contributed by atoms with Crippen molar-refractivity contribution >= 4 is 5.91 Å². The summed E-state index contributed by atoms with van der Waals surface area (Å²) < 4.78 is 23.0. The van der Waals surface area contributed by atoms with Gasteiger partial charge in [0.05, 0.1) is 20.3 Å². The Balaban J connectivity index is 1.11. The summed E-state index contributed by atoms with van der Waals surface area (Å²) in [6, 6.07) is 18.1. The molecule has 2 aromatic carbocycles. The molecule has 1 aliphatic heterocycles. The summed E-state index contributed by atoms with van der Waals surface area (Å²) in [7, 11) is 1.65. The number of carbonyl (C=O) groups is 1. The molecule has 1 atom stereocenters. The number of aromatic nitrogens is 1. The van der Waals surface area contributed by atoms with Crippen LogP contribution in [0.5, 0.6) is 17.2 Å². The molecule has 41 heavy (non-hydrogen) atoms. The Kier molecular flexibility index (Phi) is 8.80. The van der Waals surface area contributed by atoms with Crippen molar-refractivity contribution in [2.45, 2.75) is 57.8 Å². The molecule has 8 nitrogen and oxygen atoms in total. The maximum atomic E-state index is 13.1. The van der Waals surface area contributed by atoms with Crippen LogP contribution in [0.15, 0.2) is 60.8 Å². The number of hydrogen-bond donors (Lipinski definition) is 1. The minimum Gasteiger partial charge on any atom is -0.493 e. The van der Waals surface area contributed by atoms with E-state index in [1.54, 1.807) is 44.2 Å². The highest BCUT2D eigenvalue weighted by Gasteiger charge is 2.33. The Bertz CT molecular complexity index is 1330. The smallest absolute Gasteiger partial charge is 0.272 e. The lowest BCUT2D eigenvalue weighted by molar-refractivity contribution is -0.183. The first-order valence-corrected chi connectivity index (χ1v) is 14.3. The number of pyridine rings is 1. The topological polar surface area (TPSA) is 90.4 Å². The predicted molar refractivity (Wildman–Crippen MR) is 156 cm³/mol. The number of ether oxygens (including phenoxy) is 4. The number of carbonyl (C=O) groups excluding carboxylic acids is 1. The van der Waals surface area contributed by atoms with Crippen LogP contribution in [0.3, 0.4) is 0 Å². The molecule has 0 unspecified atom stereocenters. The standard InChI is InChI=1S/C33H40N2O6/c1-22(20-41-33(2,3)37)19-39-28-13-14-34-29(16-28)32(36)35-17-27(18-35)26-11-12-30(31(15-26)38-4)40-21-23-5-7-24(8-6-23)25-9-10-25/h5-8,11-16,22,25,27,37H,9-10,17-21H2,1-4H3/t22-/m0/s1. The van der Waals surface area contributed by atoms with Crippen LogP contribution in [-0.2, 0) is 11.3 Å². The Labute approximate surface area is 242 Å². The van der Waals surface area contributed by atoms with E-state index in [2.05, 4.69) is 35.3 Å². The lowest BCUT2D eigenvalue weighted by Gasteiger charge is -2.39. The largest absolute Gasteiger partial charge is 0.493 e. The van der Waals surface area contributed by atoms with Crippen LogP contribution >= 0.6 is 0 Å². The molecule has 1 saturated heterocycles. The lowest BCUT2D eigenvalue weighted by Crippen LogP contribution is -2.48. The third-order valence-corrected chi connectivity index (χ3v) is 7.46. The van der Waals surface area contributed by atoms with Crippen LogP contribution < -0.4 is 14.2 Å². The van der Waals surface area contributed by atoms with Crippen LogP contribution in [0.4, 0.5) is 0 Å². The van der Waals surface area contributed by atoms with E-state index in [1.807, 2.05) is 19.1 Å². The molecule has 2 heterocycles. The highest BCUT2D eigenvalue weighted by Crippen LogP contribution is 2.40. The van der Waals surface area contributed by atoms with Crippen LogP contribution in [0.1, 0.15) is 72.6 Å². The van der Waals surface area contributed by atoms with Gasteiger partial charge in [-0.1, -0.05) is 37.3 Å². The number of amides is 1. The molecule has 5 rings (SSSR count). The first-order valence-electron chi connectivity index (χ1n) is 14.3. The van der Waals surface area contributed by atoms with E-state index in [9.17, 15) is 9.90 Å². The van der Waals surface area contributed by atoms with E-state index < -0.39 is 5.79 Å². The lowest BCUT2D eigenvalue weighted by atomic mass is 9.91. The number of methoxy groups -OCH3 is 1. The fourth-order valence-electron chi connectivity index (χ4n) is 4.79. The maximum Gasteiger partial charge on any atom is 0.272 e. The van der Waals surface area contributed by atoms with Crippen LogP contribution in [0.2, 0.25) is 0 Å². The van der Waals surface area contributed by atoms with Crippen LogP contribution in [-0.4, -0.2) is 60.1 Å². The van der Waals surface area contributed by atoms with Gasteiger partial charge in [-0.2, -0.15) is 0 Å². The fourth-order valence-corrected chi connectivity index (χ4v) is 4.79. The van der Waals surface area contributed by atoms with Gasteiger partial charge in [0.25, 0.3) is 5.91 Å². The van der Waals surface area contributed by atoms with Gasteiger partial charge in [-0.15, -0.1) is 0 Å². The Hall–Kier alpha value is -3.62. The van der Waals surface area contributed by atoms with Gasteiger partial charge in [0.1, 0.15) is 18.1 Å². The second-order valence-electron chi connectivity index (χ2n) is 11.7. The first-order chi connectivity index (χ1) is 19.7. The number of rotatable bonds is 13. The zero-order valence-electron chi connectivity index (χ0n) is 24.3. The van der Waals surface area contributed by atoms with Gasteiger partial charge in [0.2, 0.25) is 0 Å². The Morgan fingerprint density at radius 2 is 1.71 bits per heavy atom. The molecule has 1 aromatic heterocycles. The van der Waals surface area contributed by atoms with Crippen molar-refractivity contribution in [1.82, 2.24) is 9.88 Å².